The average Bonchev–Trinajstić information content (AvgIpc) is 2.77. The van der Waals surface area contributed by atoms with Crippen molar-refractivity contribution in [1.82, 2.24) is 5.16 Å². The highest BCUT2D eigenvalue weighted by atomic mass is 35.5. The van der Waals surface area contributed by atoms with E-state index in [9.17, 15) is 9.18 Å². The molecule has 0 spiro atoms. The molecule has 0 fully saturated rings. The molecule has 1 aromatic carbocycles. The van der Waals surface area contributed by atoms with Gasteiger partial charge in [-0.25, -0.2) is 9.18 Å². The molecule has 0 unspecified atom stereocenters. The molecule has 1 N–H and O–H groups in total. The van der Waals surface area contributed by atoms with Crippen LogP contribution >= 0.6 is 11.6 Å². The maximum atomic E-state index is 13.3. The molecule has 18 heavy (non-hydrogen) atoms. The SMILES string of the molecule is COc1c(Cl)cc(F)cc1-c1cc(C(=O)O)no1. The van der Waals surface area contributed by atoms with Gasteiger partial charge >= 0.3 is 5.97 Å². The van der Waals surface area contributed by atoms with Gasteiger partial charge in [-0.15, -0.1) is 0 Å². The van der Waals surface area contributed by atoms with Crippen molar-refractivity contribution < 1.29 is 23.6 Å². The number of ether oxygens (including phenoxy) is 1. The Bertz CT molecular complexity index is 611. The molecule has 1 heterocycles. The number of methoxy groups -OCH3 is 1. The Morgan fingerprint density at radius 1 is 1.50 bits per heavy atom. The number of benzene rings is 1. The third-order valence-electron chi connectivity index (χ3n) is 2.21. The number of hydrogen-bond acceptors (Lipinski definition) is 4. The van der Waals surface area contributed by atoms with E-state index in [-0.39, 0.29) is 27.8 Å². The molecular weight excluding hydrogens is 265 g/mol. The van der Waals surface area contributed by atoms with E-state index in [1.165, 1.54) is 7.11 Å². The Hall–Kier alpha value is -2.08. The molecule has 0 aliphatic heterocycles. The molecule has 0 saturated heterocycles. The molecule has 1 aromatic heterocycles. The van der Waals surface area contributed by atoms with Crippen molar-refractivity contribution in [2.24, 2.45) is 0 Å². The van der Waals surface area contributed by atoms with Gasteiger partial charge in [-0.1, -0.05) is 16.8 Å². The fraction of sp³-hybridized carbons (Fsp3) is 0.0909. The van der Waals surface area contributed by atoms with Crippen LogP contribution in [0.4, 0.5) is 4.39 Å². The Labute approximate surface area is 106 Å². The van der Waals surface area contributed by atoms with Gasteiger partial charge in [0, 0.05) is 6.07 Å². The largest absolute Gasteiger partial charge is 0.494 e. The van der Waals surface area contributed by atoms with Crippen molar-refractivity contribution in [2.45, 2.75) is 0 Å². The Kier molecular flexibility index (Phi) is 3.20. The summed E-state index contributed by atoms with van der Waals surface area (Å²) in [5.41, 5.74) is -0.0880. The monoisotopic (exact) mass is 271 g/mol. The van der Waals surface area contributed by atoms with Crippen molar-refractivity contribution in [3.63, 3.8) is 0 Å². The van der Waals surface area contributed by atoms with Crippen molar-refractivity contribution in [1.29, 1.82) is 0 Å². The topological polar surface area (TPSA) is 72.6 Å². The fourth-order valence-corrected chi connectivity index (χ4v) is 1.74. The zero-order valence-electron chi connectivity index (χ0n) is 9.11. The lowest BCUT2D eigenvalue weighted by Gasteiger charge is -2.07. The van der Waals surface area contributed by atoms with E-state index in [2.05, 4.69) is 5.16 Å². The maximum absolute atomic E-state index is 13.3. The third kappa shape index (κ3) is 2.14. The molecule has 0 saturated carbocycles. The Morgan fingerprint density at radius 3 is 2.78 bits per heavy atom. The summed E-state index contributed by atoms with van der Waals surface area (Å²) in [4.78, 5) is 10.7. The molecule has 0 amide bonds. The minimum Gasteiger partial charge on any atom is -0.494 e. The summed E-state index contributed by atoms with van der Waals surface area (Å²) in [7, 11) is 1.36. The van der Waals surface area contributed by atoms with Crippen molar-refractivity contribution in [3.05, 3.63) is 34.7 Å². The van der Waals surface area contributed by atoms with E-state index in [0.717, 1.165) is 18.2 Å². The zero-order chi connectivity index (χ0) is 13.3. The summed E-state index contributed by atoms with van der Waals surface area (Å²) in [6.07, 6.45) is 0. The summed E-state index contributed by atoms with van der Waals surface area (Å²) in [6.45, 7) is 0. The average molecular weight is 272 g/mol. The van der Waals surface area contributed by atoms with Crippen LogP contribution in [0.3, 0.4) is 0 Å². The van der Waals surface area contributed by atoms with Crippen LogP contribution in [0, 0.1) is 5.82 Å². The zero-order valence-corrected chi connectivity index (χ0v) is 9.86. The summed E-state index contributed by atoms with van der Waals surface area (Å²) >= 11 is 5.81. The molecule has 7 heteroatoms. The molecule has 0 atom stereocenters. The van der Waals surface area contributed by atoms with Crippen LogP contribution in [0.2, 0.25) is 5.02 Å². The van der Waals surface area contributed by atoms with E-state index in [1.54, 1.807) is 0 Å². The van der Waals surface area contributed by atoms with Crippen LogP contribution in [0.5, 0.6) is 5.75 Å². The molecule has 0 aliphatic rings. The number of carbonyl (C=O) groups is 1. The third-order valence-corrected chi connectivity index (χ3v) is 2.49. The highest BCUT2D eigenvalue weighted by Crippen LogP contribution is 2.37. The Morgan fingerprint density at radius 2 is 2.22 bits per heavy atom. The van der Waals surface area contributed by atoms with Gasteiger partial charge in [-0.2, -0.15) is 0 Å². The number of carboxylic acid groups (broad SMARTS) is 1. The summed E-state index contributed by atoms with van der Waals surface area (Å²) in [6, 6.07) is 3.37. The van der Waals surface area contributed by atoms with E-state index in [1.807, 2.05) is 0 Å². The van der Waals surface area contributed by atoms with Gasteiger partial charge in [-0.05, 0) is 12.1 Å². The lowest BCUT2D eigenvalue weighted by atomic mass is 10.1. The maximum Gasteiger partial charge on any atom is 0.358 e. The van der Waals surface area contributed by atoms with Crippen LogP contribution < -0.4 is 4.74 Å². The number of aromatic carboxylic acids is 1. The number of hydrogen-bond donors (Lipinski definition) is 1. The summed E-state index contributed by atoms with van der Waals surface area (Å²) < 4.78 is 23.1. The second kappa shape index (κ2) is 4.66. The lowest BCUT2D eigenvalue weighted by Crippen LogP contribution is -1.94. The van der Waals surface area contributed by atoms with Crippen LogP contribution in [0.1, 0.15) is 10.5 Å². The molecule has 2 rings (SSSR count). The molecule has 0 aliphatic carbocycles. The van der Waals surface area contributed by atoms with E-state index in [4.69, 9.17) is 26.0 Å². The van der Waals surface area contributed by atoms with Crippen LogP contribution in [-0.4, -0.2) is 23.3 Å². The van der Waals surface area contributed by atoms with Gasteiger partial charge in [0.2, 0.25) is 0 Å². The normalized spacial score (nSPS) is 10.4. The number of rotatable bonds is 3. The number of nitrogens with zero attached hydrogens (tertiary/aromatic N) is 1. The quantitative estimate of drug-likeness (QED) is 0.929. The van der Waals surface area contributed by atoms with Crippen LogP contribution in [0.25, 0.3) is 11.3 Å². The summed E-state index contributed by atoms with van der Waals surface area (Å²) in [5.74, 6) is -1.59. The minimum absolute atomic E-state index is 0.0563. The van der Waals surface area contributed by atoms with Gasteiger partial charge < -0.3 is 14.4 Å². The van der Waals surface area contributed by atoms with Gasteiger partial charge in [-0.3, -0.25) is 0 Å². The molecule has 2 aromatic rings. The van der Waals surface area contributed by atoms with Crippen LogP contribution in [-0.2, 0) is 0 Å². The first kappa shape index (κ1) is 12.4. The second-order valence-electron chi connectivity index (χ2n) is 3.35. The summed E-state index contributed by atoms with van der Waals surface area (Å²) in [5, 5.41) is 12.1. The Balaban J connectivity index is 2.58. The molecule has 0 bridgehead atoms. The first-order chi connectivity index (χ1) is 8.52. The predicted octanol–water partition coefficient (Wildman–Crippen LogP) is 2.84. The molecule has 5 nitrogen and oxygen atoms in total. The lowest BCUT2D eigenvalue weighted by molar-refractivity contribution is 0.0686. The molecule has 94 valence electrons. The standard InChI is InChI=1S/C11H7ClFNO4/c1-17-10-6(2-5(13)3-7(10)12)9-4-8(11(15)16)14-18-9/h2-4H,1H3,(H,15,16). The van der Waals surface area contributed by atoms with Gasteiger partial charge in [0.05, 0.1) is 17.7 Å². The molecule has 0 radical (unpaired) electrons. The van der Waals surface area contributed by atoms with Gasteiger partial charge in [0.25, 0.3) is 0 Å². The first-order valence-electron chi connectivity index (χ1n) is 4.76. The van der Waals surface area contributed by atoms with Crippen molar-refractivity contribution >= 4 is 17.6 Å². The van der Waals surface area contributed by atoms with E-state index < -0.39 is 11.8 Å². The highest BCUT2D eigenvalue weighted by molar-refractivity contribution is 6.32. The highest BCUT2D eigenvalue weighted by Gasteiger charge is 2.18. The predicted molar refractivity (Wildman–Crippen MR) is 60.4 cm³/mol. The smallest absolute Gasteiger partial charge is 0.358 e. The minimum atomic E-state index is -1.24. The number of carboxylic acids is 1. The molecular formula is C11H7ClFNO4. The van der Waals surface area contributed by atoms with Crippen LogP contribution in [0.15, 0.2) is 22.7 Å². The van der Waals surface area contributed by atoms with E-state index >= 15 is 0 Å². The van der Waals surface area contributed by atoms with Gasteiger partial charge in [0.1, 0.15) is 11.6 Å². The van der Waals surface area contributed by atoms with E-state index in [0.29, 0.717) is 0 Å². The second-order valence-corrected chi connectivity index (χ2v) is 3.76. The first-order valence-corrected chi connectivity index (χ1v) is 5.14. The van der Waals surface area contributed by atoms with Crippen molar-refractivity contribution in [2.75, 3.05) is 7.11 Å². The van der Waals surface area contributed by atoms with Crippen molar-refractivity contribution in [3.8, 4) is 17.1 Å². The van der Waals surface area contributed by atoms with Gasteiger partial charge in [0.15, 0.2) is 11.5 Å². The number of aromatic nitrogens is 1. The number of halogens is 2. The fourth-order valence-electron chi connectivity index (χ4n) is 1.45.